The van der Waals surface area contributed by atoms with Crippen molar-refractivity contribution in [3.05, 3.63) is 35.4 Å². The van der Waals surface area contributed by atoms with Gasteiger partial charge in [0.2, 0.25) is 0 Å². The predicted molar refractivity (Wildman–Crippen MR) is 51.0 cm³/mol. The van der Waals surface area contributed by atoms with Crippen molar-refractivity contribution in [1.29, 1.82) is 0 Å². The quantitative estimate of drug-likeness (QED) is 0.667. The molecule has 0 aromatic heterocycles. The van der Waals surface area contributed by atoms with Crippen LogP contribution in [0.2, 0.25) is 0 Å². The number of nitrogens with one attached hydrogen (secondary N) is 1. The van der Waals surface area contributed by atoms with E-state index in [1.54, 1.807) is 0 Å². The van der Waals surface area contributed by atoms with Crippen LogP contribution in [0.5, 0.6) is 0 Å². The minimum absolute atomic E-state index is 0.0104. The van der Waals surface area contributed by atoms with Crippen LogP contribution in [0.4, 0.5) is 0 Å². The number of benzene rings is 1. The average molecular weight is 189 g/mol. The molecule has 1 N–H and O–H groups in total. The normalized spacial score (nSPS) is 29.3. The largest absolute Gasteiger partial charge is 0.358 e. The third-order valence-electron chi connectivity index (χ3n) is 2.97. The van der Waals surface area contributed by atoms with Crippen molar-refractivity contribution in [2.75, 3.05) is 6.61 Å². The van der Waals surface area contributed by atoms with E-state index in [9.17, 15) is 4.79 Å². The number of ether oxygens (including phenoxy) is 1. The first kappa shape index (κ1) is 8.00. The van der Waals surface area contributed by atoms with Crippen molar-refractivity contribution in [3.63, 3.8) is 0 Å². The smallest absolute Gasteiger partial charge is 0.253 e. The summed E-state index contributed by atoms with van der Waals surface area (Å²) in [5.41, 5.74) is 1.94. The molecule has 14 heavy (non-hydrogen) atoms. The van der Waals surface area contributed by atoms with Crippen LogP contribution in [0.1, 0.15) is 28.3 Å². The summed E-state index contributed by atoms with van der Waals surface area (Å²) in [6.45, 7) is 0.740. The number of carbonyl (C=O) groups is 1. The van der Waals surface area contributed by atoms with Gasteiger partial charge in [0.15, 0.2) is 0 Å². The lowest BCUT2D eigenvalue weighted by Crippen LogP contribution is -2.42. The molecule has 3 nitrogen and oxygen atoms in total. The minimum Gasteiger partial charge on any atom is -0.358 e. The second-order valence-corrected chi connectivity index (χ2v) is 3.75. The van der Waals surface area contributed by atoms with E-state index in [4.69, 9.17) is 4.74 Å². The number of hydrogen-bond acceptors (Lipinski definition) is 2. The van der Waals surface area contributed by atoms with Crippen LogP contribution in [-0.4, -0.2) is 18.7 Å². The molecule has 1 aromatic carbocycles. The maximum absolute atomic E-state index is 11.6. The third-order valence-corrected chi connectivity index (χ3v) is 2.97. The van der Waals surface area contributed by atoms with Crippen molar-refractivity contribution >= 4 is 5.91 Å². The van der Waals surface area contributed by atoms with Crippen LogP contribution in [0, 0.1) is 0 Å². The molecule has 2 atom stereocenters. The molecule has 3 rings (SSSR count). The molecule has 0 saturated carbocycles. The molecule has 2 aliphatic heterocycles. The zero-order valence-electron chi connectivity index (χ0n) is 7.69. The Morgan fingerprint density at radius 1 is 1.36 bits per heavy atom. The Morgan fingerprint density at radius 3 is 3.14 bits per heavy atom. The highest BCUT2D eigenvalue weighted by molar-refractivity contribution is 5.97. The van der Waals surface area contributed by atoms with Gasteiger partial charge in [0.25, 0.3) is 5.91 Å². The second kappa shape index (κ2) is 2.82. The molecule has 0 aliphatic carbocycles. The fourth-order valence-electron chi connectivity index (χ4n) is 2.28. The molecule has 2 aliphatic rings. The van der Waals surface area contributed by atoms with Crippen LogP contribution in [-0.2, 0) is 4.74 Å². The molecule has 0 bridgehead atoms. The Morgan fingerprint density at radius 2 is 2.21 bits per heavy atom. The van der Waals surface area contributed by atoms with Crippen molar-refractivity contribution in [2.45, 2.75) is 18.6 Å². The SMILES string of the molecule is O=C1N[C@H]2OCC[C@H]2c2ccccc21. The summed E-state index contributed by atoms with van der Waals surface area (Å²) in [6.07, 6.45) is 0.902. The second-order valence-electron chi connectivity index (χ2n) is 3.75. The summed E-state index contributed by atoms with van der Waals surface area (Å²) in [4.78, 5) is 11.6. The molecule has 3 heteroatoms. The molecular weight excluding hydrogens is 178 g/mol. The van der Waals surface area contributed by atoms with Gasteiger partial charge in [-0.25, -0.2) is 0 Å². The number of hydrogen-bond donors (Lipinski definition) is 1. The van der Waals surface area contributed by atoms with Gasteiger partial charge in [-0.05, 0) is 18.1 Å². The predicted octanol–water partition coefficient (Wildman–Crippen LogP) is 1.26. The van der Waals surface area contributed by atoms with Crippen LogP contribution >= 0.6 is 0 Å². The van der Waals surface area contributed by atoms with Crippen molar-refractivity contribution in [3.8, 4) is 0 Å². The topological polar surface area (TPSA) is 38.3 Å². The van der Waals surface area contributed by atoms with E-state index in [0.717, 1.165) is 24.2 Å². The molecule has 1 fully saturated rings. The summed E-state index contributed by atoms with van der Waals surface area (Å²) >= 11 is 0. The van der Waals surface area contributed by atoms with E-state index >= 15 is 0 Å². The summed E-state index contributed by atoms with van der Waals surface area (Å²) in [5, 5.41) is 2.87. The van der Waals surface area contributed by atoms with Gasteiger partial charge in [0.05, 0.1) is 0 Å². The first-order chi connectivity index (χ1) is 6.86. The van der Waals surface area contributed by atoms with Gasteiger partial charge in [0.1, 0.15) is 6.23 Å². The van der Waals surface area contributed by atoms with Gasteiger partial charge in [-0.3, -0.25) is 4.79 Å². The Hall–Kier alpha value is -1.35. The summed E-state index contributed by atoms with van der Waals surface area (Å²) < 4.78 is 5.45. The van der Waals surface area contributed by atoms with E-state index in [2.05, 4.69) is 5.32 Å². The average Bonchev–Trinajstić information content (AvgIpc) is 2.66. The molecule has 1 aromatic rings. The van der Waals surface area contributed by atoms with E-state index < -0.39 is 0 Å². The zero-order chi connectivity index (χ0) is 9.54. The highest BCUT2D eigenvalue weighted by Gasteiger charge is 2.37. The standard InChI is InChI=1S/C11H11NO2/c13-10-8-4-2-1-3-7(8)9-5-6-14-11(9)12-10/h1-4,9,11H,5-6H2,(H,12,13)/t9-,11-/m0/s1. The van der Waals surface area contributed by atoms with Crippen molar-refractivity contribution in [1.82, 2.24) is 5.32 Å². The van der Waals surface area contributed by atoms with Gasteiger partial charge in [-0.2, -0.15) is 0 Å². The molecule has 72 valence electrons. The Bertz CT molecular complexity index is 389. The lowest BCUT2D eigenvalue weighted by atomic mass is 9.88. The van der Waals surface area contributed by atoms with Crippen LogP contribution in [0.25, 0.3) is 0 Å². The minimum atomic E-state index is -0.0996. The summed E-state index contributed by atoms with van der Waals surface area (Å²) in [6, 6.07) is 7.78. The van der Waals surface area contributed by atoms with Gasteiger partial charge in [0, 0.05) is 18.1 Å². The van der Waals surface area contributed by atoms with Crippen molar-refractivity contribution < 1.29 is 9.53 Å². The van der Waals surface area contributed by atoms with Gasteiger partial charge >= 0.3 is 0 Å². The molecule has 0 spiro atoms. The van der Waals surface area contributed by atoms with E-state index in [1.807, 2.05) is 24.3 Å². The van der Waals surface area contributed by atoms with E-state index in [-0.39, 0.29) is 12.1 Å². The zero-order valence-corrected chi connectivity index (χ0v) is 7.69. The molecular formula is C11H11NO2. The number of carbonyl (C=O) groups excluding carboxylic acids is 1. The molecule has 1 amide bonds. The van der Waals surface area contributed by atoms with Crippen LogP contribution < -0.4 is 5.32 Å². The third kappa shape index (κ3) is 0.990. The number of fused-ring (bicyclic) bond motifs is 3. The number of amides is 1. The van der Waals surface area contributed by atoms with Gasteiger partial charge in [-0.1, -0.05) is 18.2 Å². The highest BCUT2D eigenvalue weighted by atomic mass is 16.5. The monoisotopic (exact) mass is 189 g/mol. The van der Waals surface area contributed by atoms with Gasteiger partial charge < -0.3 is 10.1 Å². The maximum Gasteiger partial charge on any atom is 0.253 e. The molecule has 2 heterocycles. The maximum atomic E-state index is 11.6. The van der Waals surface area contributed by atoms with Crippen LogP contribution in [0.3, 0.4) is 0 Å². The van der Waals surface area contributed by atoms with Crippen molar-refractivity contribution in [2.24, 2.45) is 0 Å². The van der Waals surface area contributed by atoms with E-state index in [0.29, 0.717) is 5.92 Å². The van der Waals surface area contributed by atoms with Gasteiger partial charge in [-0.15, -0.1) is 0 Å². The molecule has 0 radical (unpaired) electrons. The lowest BCUT2D eigenvalue weighted by molar-refractivity contribution is 0.0559. The fourth-order valence-corrected chi connectivity index (χ4v) is 2.28. The van der Waals surface area contributed by atoms with E-state index in [1.165, 1.54) is 0 Å². The van der Waals surface area contributed by atoms with Crippen LogP contribution in [0.15, 0.2) is 24.3 Å². The molecule has 0 unspecified atom stereocenters. The fraction of sp³-hybridized carbons (Fsp3) is 0.364. The Kier molecular flexibility index (Phi) is 1.61. The summed E-state index contributed by atoms with van der Waals surface area (Å²) in [5.74, 6) is 0.340. The Balaban J connectivity index is 2.13. The number of rotatable bonds is 0. The Labute approximate surface area is 82.1 Å². The first-order valence-electron chi connectivity index (χ1n) is 4.87. The lowest BCUT2D eigenvalue weighted by Gasteiger charge is -2.27. The first-order valence-corrected chi connectivity index (χ1v) is 4.87. The highest BCUT2D eigenvalue weighted by Crippen LogP contribution is 2.35. The molecule has 1 saturated heterocycles. The summed E-state index contributed by atoms with van der Waals surface area (Å²) in [7, 11) is 0.